The normalized spacial score (nSPS) is 21.2. The molecule has 0 heterocycles. The zero-order valence-corrected chi connectivity index (χ0v) is 17.0. The molecule has 0 spiro atoms. The molecule has 0 unspecified atom stereocenters. The molecule has 128 valence electrons. The number of rotatable bonds is 5. The molecular formula is C20H24Br2N2. The quantitative estimate of drug-likeness (QED) is 0.651. The Morgan fingerprint density at radius 2 is 1.25 bits per heavy atom. The zero-order valence-electron chi connectivity index (χ0n) is 13.8. The predicted molar refractivity (Wildman–Crippen MR) is 108 cm³/mol. The first kappa shape index (κ1) is 18.1. The largest absolute Gasteiger partial charge is 0.326 e. The van der Waals surface area contributed by atoms with Gasteiger partial charge in [-0.25, -0.2) is 0 Å². The summed E-state index contributed by atoms with van der Waals surface area (Å²) in [7, 11) is 0. The van der Waals surface area contributed by atoms with E-state index in [0.717, 1.165) is 28.5 Å². The monoisotopic (exact) mass is 450 g/mol. The van der Waals surface area contributed by atoms with E-state index >= 15 is 0 Å². The third-order valence-corrected chi connectivity index (χ3v) is 5.91. The lowest BCUT2D eigenvalue weighted by molar-refractivity contribution is 0.122. The van der Waals surface area contributed by atoms with Crippen LogP contribution in [0.15, 0.2) is 57.5 Å². The third kappa shape index (κ3) is 4.92. The van der Waals surface area contributed by atoms with Gasteiger partial charge >= 0.3 is 0 Å². The van der Waals surface area contributed by atoms with Crippen molar-refractivity contribution in [3.05, 3.63) is 68.6 Å². The summed E-state index contributed by atoms with van der Waals surface area (Å²) in [6.45, 7) is 1.89. The minimum absolute atomic E-state index is 0.282. The van der Waals surface area contributed by atoms with Crippen LogP contribution < -0.4 is 5.73 Å². The lowest BCUT2D eigenvalue weighted by Gasteiger charge is -2.38. The van der Waals surface area contributed by atoms with Gasteiger partial charge in [0, 0.05) is 34.1 Å². The van der Waals surface area contributed by atoms with Gasteiger partial charge in [0.2, 0.25) is 0 Å². The van der Waals surface area contributed by atoms with E-state index in [2.05, 4.69) is 85.3 Å². The van der Waals surface area contributed by atoms with Crippen molar-refractivity contribution in [3.8, 4) is 0 Å². The molecule has 2 aromatic rings. The van der Waals surface area contributed by atoms with Crippen LogP contribution in [-0.4, -0.2) is 17.0 Å². The van der Waals surface area contributed by atoms with Crippen molar-refractivity contribution >= 4 is 31.9 Å². The molecule has 0 aliphatic heterocycles. The van der Waals surface area contributed by atoms with Crippen LogP contribution in [0, 0.1) is 0 Å². The van der Waals surface area contributed by atoms with Crippen LogP contribution in [0.5, 0.6) is 0 Å². The molecule has 24 heavy (non-hydrogen) atoms. The maximum Gasteiger partial charge on any atom is 0.0254 e. The molecule has 2 aromatic carbocycles. The van der Waals surface area contributed by atoms with E-state index < -0.39 is 0 Å². The van der Waals surface area contributed by atoms with Gasteiger partial charge in [-0.15, -0.1) is 0 Å². The fraction of sp³-hybridized carbons (Fsp3) is 0.400. The summed E-state index contributed by atoms with van der Waals surface area (Å²) >= 11 is 7.04. The van der Waals surface area contributed by atoms with E-state index in [1.807, 2.05) is 0 Å². The Labute approximate surface area is 161 Å². The number of nitrogens with zero attached hydrogens (tertiary/aromatic N) is 1. The number of halogens is 2. The second-order valence-corrected chi connectivity index (χ2v) is 8.50. The van der Waals surface area contributed by atoms with Crippen molar-refractivity contribution in [2.24, 2.45) is 5.73 Å². The first-order valence-electron chi connectivity index (χ1n) is 8.60. The predicted octanol–water partition coefficient (Wildman–Crippen LogP) is 5.48. The van der Waals surface area contributed by atoms with Crippen LogP contribution in [-0.2, 0) is 13.1 Å². The Bertz CT molecular complexity index is 592. The van der Waals surface area contributed by atoms with Gasteiger partial charge in [-0.3, -0.25) is 4.90 Å². The molecule has 0 radical (unpaired) electrons. The third-order valence-electron chi connectivity index (χ3n) is 4.85. The van der Waals surface area contributed by atoms with Crippen LogP contribution in [0.2, 0.25) is 0 Å². The van der Waals surface area contributed by atoms with Gasteiger partial charge < -0.3 is 5.73 Å². The Morgan fingerprint density at radius 1 is 0.792 bits per heavy atom. The molecule has 3 rings (SSSR count). The molecule has 1 fully saturated rings. The average molecular weight is 452 g/mol. The summed E-state index contributed by atoms with van der Waals surface area (Å²) in [5.41, 5.74) is 9.16. The second kappa shape index (κ2) is 8.61. The number of benzene rings is 2. The fourth-order valence-electron chi connectivity index (χ4n) is 3.53. The zero-order chi connectivity index (χ0) is 16.9. The van der Waals surface area contributed by atoms with Gasteiger partial charge in [0.15, 0.2) is 0 Å². The fourth-order valence-corrected chi connectivity index (χ4v) is 4.06. The molecule has 1 aliphatic rings. The van der Waals surface area contributed by atoms with Gasteiger partial charge in [0.05, 0.1) is 0 Å². The Hall–Kier alpha value is -0.680. The van der Waals surface area contributed by atoms with Gasteiger partial charge in [-0.1, -0.05) is 69.0 Å². The van der Waals surface area contributed by atoms with Crippen LogP contribution >= 0.6 is 31.9 Å². The second-order valence-electron chi connectivity index (χ2n) is 6.67. The summed E-state index contributed by atoms with van der Waals surface area (Å²) in [6, 6.07) is 18.0. The van der Waals surface area contributed by atoms with Crippen molar-refractivity contribution < 1.29 is 0 Å². The Kier molecular flexibility index (Phi) is 6.50. The Balaban J connectivity index is 1.79. The first-order valence-corrected chi connectivity index (χ1v) is 10.2. The van der Waals surface area contributed by atoms with Crippen molar-refractivity contribution in [1.29, 1.82) is 0 Å². The maximum absolute atomic E-state index is 6.48. The molecule has 2 atom stereocenters. The molecule has 0 amide bonds. The summed E-state index contributed by atoms with van der Waals surface area (Å²) in [4.78, 5) is 2.57. The minimum atomic E-state index is 0.282. The van der Waals surface area contributed by atoms with E-state index in [4.69, 9.17) is 5.73 Å². The molecule has 2 N–H and O–H groups in total. The van der Waals surface area contributed by atoms with Crippen molar-refractivity contribution in [2.75, 3.05) is 0 Å². The van der Waals surface area contributed by atoms with E-state index in [0.29, 0.717) is 6.04 Å². The van der Waals surface area contributed by atoms with E-state index in [1.165, 1.54) is 30.4 Å². The molecule has 1 saturated carbocycles. The molecule has 2 nitrogen and oxygen atoms in total. The standard InChI is InChI=1S/C20H24Br2N2/c21-17-9-5-15(6-10-17)13-24(20-4-2-1-3-19(20)23)14-16-7-11-18(22)12-8-16/h5-12,19-20H,1-4,13-14,23H2/t19-,20-/m1/s1. The SMILES string of the molecule is N[C@@H]1CCCC[C@H]1N(Cc1ccc(Br)cc1)Cc1ccc(Br)cc1. The highest BCUT2D eigenvalue weighted by Crippen LogP contribution is 2.26. The minimum Gasteiger partial charge on any atom is -0.326 e. The van der Waals surface area contributed by atoms with Crippen molar-refractivity contribution in [1.82, 2.24) is 4.90 Å². The van der Waals surface area contributed by atoms with Crippen LogP contribution in [0.3, 0.4) is 0 Å². The smallest absolute Gasteiger partial charge is 0.0254 e. The molecule has 4 heteroatoms. The Morgan fingerprint density at radius 3 is 1.71 bits per heavy atom. The molecule has 1 aliphatic carbocycles. The van der Waals surface area contributed by atoms with Crippen LogP contribution in [0.1, 0.15) is 36.8 Å². The highest BCUT2D eigenvalue weighted by molar-refractivity contribution is 9.10. The van der Waals surface area contributed by atoms with Gasteiger partial charge in [0.25, 0.3) is 0 Å². The van der Waals surface area contributed by atoms with Crippen LogP contribution in [0.25, 0.3) is 0 Å². The van der Waals surface area contributed by atoms with E-state index in [9.17, 15) is 0 Å². The van der Waals surface area contributed by atoms with Crippen molar-refractivity contribution in [2.45, 2.75) is 50.9 Å². The average Bonchev–Trinajstić information content (AvgIpc) is 2.59. The van der Waals surface area contributed by atoms with Crippen LogP contribution in [0.4, 0.5) is 0 Å². The summed E-state index contributed by atoms with van der Waals surface area (Å²) in [6.07, 6.45) is 4.90. The first-order chi connectivity index (χ1) is 11.6. The van der Waals surface area contributed by atoms with E-state index in [1.54, 1.807) is 0 Å². The van der Waals surface area contributed by atoms with Gasteiger partial charge in [0.1, 0.15) is 0 Å². The van der Waals surface area contributed by atoms with Crippen molar-refractivity contribution in [3.63, 3.8) is 0 Å². The molecular weight excluding hydrogens is 428 g/mol. The highest BCUT2D eigenvalue weighted by atomic mass is 79.9. The number of hydrogen-bond acceptors (Lipinski definition) is 2. The number of nitrogens with two attached hydrogens (primary N) is 1. The highest BCUT2D eigenvalue weighted by Gasteiger charge is 2.27. The van der Waals surface area contributed by atoms with Gasteiger partial charge in [-0.05, 0) is 48.2 Å². The summed E-state index contributed by atoms with van der Waals surface area (Å²) in [5, 5.41) is 0. The maximum atomic E-state index is 6.48. The summed E-state index contributed by atoms with van der Waals surface area (Å²) < 4.78 is 2.25. The lowest BCUT2D eigenvalue weighted by atomic mass is 9.89. The van der Waals surface area contributed by atoms with E-state index in [-0.39, 0.29) is 6.04 Å². The topological polar surface area (TPSA) is 29.3 Å². The number of hydrogen-bond donors (Lipinski definition) is 1. The molecule has 0 aromatic heterocycles. The lowest BCUT2D eigenvalue weighted by Crippen LogP contribution is -2.48. The summed E-state index contributed by atoms with van der Waals surface area (Å²) in [5.74, 6) is 0. The van der Waals surface area contributed by atoms with Gasteiger partial charge in [-0.2, -0.15) is 0 Å². The molecule has 0 bridgehead atoms. The molecule has 0 saturated heterocycles.